The average molecular weight is 270 g/mol. The molecule has 1 aromatic heterocycles. The van der Waals surface area contributed by atoms with Crippen LogP contribution < -0.4 is 4.74 Å². The number of hydrogen-bond acceptors (Lipinski definition) is 3. The topological polar surface area (TPSA) is 45.9 Å². The van der Waals surface area contributed by atoms with Crippen LogP contribution in [0.2, 0.25) is 0 Å². The molecule has 3 nitrogen and oxygen atoms in total. The van der Waals surface area contributed by atoms with Gasteiger partial charge in [-0.15, -0.1) is 13.2 Å². The van der Waals surface area contributed by atoms with Crippen molar-refractivity contribution < 1.29 is 31.1 Å². The van der Waals surface area contributed by atoms with E-state index in [9.17, 15) is 26.3 Å². The number of nitriles is 1. The predicted octanol–water partition coefficient (Wildman–Crippen LogP) is 3.12. The molecule has 0 N–H and O–H groups in total. The van der Waals surface area contributed by atoms with Crippen LogP contribution in [0, 0.1) is 17.1 Å². The molecule has 0 amide bonds. The van der Waals surface area contributed by atoms with Gasteiger partial charge in [0.15, 0.2) is 5.82 Å². The molecule has 0 aromatic carbocycles. The number of halogens is 6. The molecule has 0 bridgehead atoms. The second-order valence-electron chi connectivity index (χ2n) is 2.99. The van der Waals surface area contributed by atoms with Crippen molar-refractivity contribution in [2.45, 2.75) is 19.2 Å². The fourth-order valence-electron chi connectivity index (χ4n) is 1.10. The van der Waals surface area contributed by atoms with Gasteiger partial charge in [0.2, 0.25) is 5.88 Å². The largest absolute Gasteiger partial charge is 0.574 e. The molecule has 0 unspecified atom stereocenters. The molecule has 0 aliphatic heterocycles. The van der Waals surface area contributed by atoms with Crippen molar-refractivity contribution >= 4 is 0 Å². The van der Waals surface area contributed by atoms with E-state index in [1.165, 1.54) is 6.07 Å². The normalized spacial score (nSPS) is 11.4. The van der Waals surface area contributed by atoms with E-state index in [1.807, 2.05) is 0 Å². The predicted molar refractivity (Wildman–Crippen MR) is 45.2 cm³/mol. The van der Waals surface area contributed by atoms with E-state index in [0.29, 0.717) is 0 Å². The molecular weight excluding hydrogens is 266 g/mol. The van der Waals surface area contributed by atoms with Crippen molar-refractivity contribution in [3.05, 3.63) is 23.1 Å². The third-order valence-electron chi connectivity index (χ3n) is 1.73. The van der Waals surface area contributed by atoms with E-state index in [2.05, 4.69) is 9.72 Å². The molecule has 0 fully saturated rings. The fourth-order valence-corrected chi connectivity index (χ4v) is 1.10. The maximum Gasteiger partial charge on any atom is 0.574 e. The maximum absolute atomic E-state index is 13.3. The molecule has 0 aliphatic rings. The summed E-state index contributed by atoms with van der Waals surface area (Å²) in [6.45, 7) is 0. The van der Waals surface area contributed by atoms with E-state index in [-0.39, 0.29) is 6.07 Å². The summed E-state index contributed by atoms with van der Waals surface area (Å²) in [4.78, 5) is 3.02. The van der Waals surface area contributed by atoms with Crippen LogP contribution in [0.5, 0.6) is 5.88 Å². The van der Waals surface area contributed by atoms with Crippen LogP contribution in [0.15, 0.2) is 6.07 Å². The molecule has 0 spiro atoms. The van der Waals surface area contributed by atoms with Gasteiger partial charge in [-0.3, -0.25) is 0 Å². The Labute approximate surface area is 96.6 Å². The molecule has 0 saturated carbocycles. The standard InChI is InChI=1S/C9H4F6N2O/c10-7-4(8(11)12)3-6(18-9(13,14)15)17-5(7)1-2-16/h3,8H,1H2. The van der Waals surface area contributed by atoms with Gasteiger partial charge >= 0.3 is 6.36 Å². The highest BCUT2D eigenvalue weighted by atomic mass is 19.4. The van der Waals surface area contributed by atoms with Gasteiger partial charge in [0.05, 0.1) is 23.7 Å². The van der Waals surface area contributed by atoms with Gasteiger partial charge in [-0.25, -0.2) is 18.2 Å². The van der Waals surface area contributed by atoms with Gasteiger partial charge < -0.3 is 4.74 Å². The number of nitrogens with zero attached hydrogens (tertiary/aromatic N) is 2. The van der Waals surface area contributed by atoms with Gasteiger partial charge in [0.1, 0.15) is 0 Å². The Hall–Kier alpha value is -1.98. The lowest BCUT2D eigenvalue weighted by Gasteiger charge is -2.11. The van der Waals surface area contributed by atoms with Crippen molar-refractivity contribution in [3.63, 3.8) is 0 Å². The monoisotopic (exact) mass is 270 g/mol. The molecular formula is C9H4F6N2O. The number of rotatable bonds is 3. The number of ether oxygens (including phenoxy) is 1. The minimum Gasteiger partial charge on any atom is -0.388 e. The Morgan fingerprint density at radius 2 is 2.00 bits per heavy atom. The minimum atomic E-state index is -5.14. The second kappa shape index (κ2) is 5.12. The first kappa shape index (κ1) is 14.1. The first-order chi connectivity index (χ1) is 8.24. The Morgan fingerprint density at radius 1 is 1.39 bits per heavy atom. The molecule has 1 rings (SSSR count). The second-order valence-corrected chi connectivity index (χ2v) is 2.99. The summed E-state index contributed by atoms with van der Waals surface area (Å²) in [5, 5.41) is 8.29. The highest BCUT2D eigenvalue weighted by Crippen LogP contribution is 2.29. The molecule has 98 valence electrons. The molecule has 0 radical (unpaired) electrons. The number of alkyl halides is 5. The fraction of sp³-hybridized carbons (Fsp3) is 0.333. The summed E-state index contributed by atoms with van der Waals surface area (Å²) < 4.78 is 77.0. The van der Waals surface area contributed by atoms with E-state index >= 15 is 0 Å². The van der Waals surface area contributed by atoms with Gasteiger partial charge in [0, 0.05) is 6.07 Å². The van der Waals surface area contributed by atoms with Crippen LogP contribution in [0.1, 0.15) is 17.7 Å². The average Bonchev–Trinajstić information content (AvgIpc) is 2.20. The summed E-state index contributed by atoms with van der Waals surface area (Å²) in [5.74, 6) is -2.74. The first-order valence-electron chi connectivity index (χ1n) is 4.34. The Kier molecular flexibility index (Phi) is 4.00. The lowest BCUT2D eigenvalue weighted by Crippen LogP contribution is -2.19. The first-order valence-corrected chi connectivity index (χ1v) is 4.34. The van der Waals surface area contributed by atoms with Crippen molar-refractivity contribution in [2.24, 2.45) is 0 Å². The summed E-state index contributed by atoms with van der Waals surface area (Å²) in [5.41, 5.74) is -2.12. The smallest absolute Gasteiger partial charge is 0.388 e. The third-order valence-corrected chi connectivity index (χ3v) is 1.73. The van der Waals surface area contributed by atoms with Crippen molar-refractivity contribution in [2.75, 3.05) is 0 Å². The maximum atomic E-state index is 13.3. The van der Waals surface area contributed by atoms with Crippen molar-refractivity contribution in [3.8, 4) is 11.9 Å². The number of pyridine rings is 1. The summed E-state index contributed by atoms with van der Waals surface area (Å²) in [7, 11) is 0. The van der Waals surface area contributed by atoms with Crippen molar-refractivity contribution in [1.82, 2.24) is 4.98 Å². The van der Waals surface area contributed by atoms with Gasteiger partial charge in [-0.2, -0.15) is 5.26 Å². The zero-order valence-electron chi connectivity index (χ0n) is 8.43. The zero-order valence-corrected chi connectivity index (χ0v) is 8.43. The van der Waals surface area contributed by atoms with Crippen LogP contribution in [0.4, 0.5) is 26.3 Å². The minimum absolute atomic E-state index is 0.147. The summed E-state index contributed by atoms with van der Waals surface area (Å²) in [6, 6.07) is 1.54. The highest BCUT2D eigenvalue weighted by Gasteiger charge is 2.33. The van der Waals surface area contributed by atoms with Crippen LogP contribution >= 0.6 is 0 Å². The Bertz CT molecular complexity index is 479. The van der Waals surface area contributed by atoms with Crippen LogP contribution in [0.25, 0.3) is 0 Å². The molecule has 0 saturated heterocycles. The molecule has 0 atom stereocenters. The molecule has 1 aromatic rings. The van der Waals surface area contributed by atoms with E-state index in [0.717, 1.165) is 0 Å². The zero-order chi connectivity index (χ0) is 13.9. The van der Waals surface area contributed by atoms with Crippen LogP contribution in [-0.4, -0.2) is 11.3 Å². The quantitative estimate of drug-likeness (QED) is 0.793. The van der Waals surface area contributed by atoms with E-state index in [1.54, 1.807) is 0 Å². The summed E-state index contributed by atoms with van der Waals surface area (Å²) in [6.07, 6.45) is -9.24. The van der Waals surface area contributed by atoms with Crippen LogP contribution in [-0.2, 0) is 6.42 Å². The third kappa shape index (κ3) is 3.51. The Morgan fingerprint density at radius 3 is 2.44 bits per heavy atom. The lowest BCUT2D eigenvalue weighted by atomic mass is 10.2. The number of hydrogen-bond donors (Lipinski definition) is 0. The van der Waals surface area contributed by atoms with E-state index < -0.39 is 42.2 Å². The molecule has 0 aliphatic carbocycles. The SMILES string of the molecule is N#CCc1nc(OC(F)(F)F)cc(C(F)F)c1F. The van der Waals surface area contributed by atoms with Gasteiger partial charge in [-0.05, 0) is 0 Å². The highest BCUT2D eigenvalue weighted by molar-refractivity contribution is 5.29. The van der Waals surface area contributed by atoms with Crippen LogP contribution in [0.3, 0.4) is 0 Å². The number of aromatic nitrogens is 1. The van der Waals surface area contributed by atoms with Crippen molar-refractivity contribution in [1.29, 1.82) is 5.26 Å². The lowest BCUT2D eigenvalue weighted by molar-refractivity contribution is -0.276. The Balaban J connectivity index is 3.25. The van der Waals surface area contributed by atoms with Gasteiger partial charge in [0.25, 0.3) is 6.43 Å². The molecule has 9 heteroatoms. The summed E-state index contributed by atoms with van der Waals surface area (Å²) >= 11 is 0. The van der Waals surface area contributed by atoms with E-state index in [4.69, 9.17) is 5.26 Å². The van der Waals surface area contributed by atoms with Gasteiger partial charge in [-0.1, -0.05) is 0 Å². The molecule has 18 heavy (non-hydrogen) atoms. The molecule has 1 heterocycles.